The first kappa shape index (κ1) is 21.5. The molecular formula is C24H29N5O3. The van der Waals surface area contributed by atoms with Gasteiger partial charge in [-0.2, -0.15) is 0 Å². The van der Waals surface area contributed by atoms with Gasteiger partial charge in [0.1, 0.15) is 12.3 Å². The number of nitrogens with zero attached hydrogens (tertiary/aromatic N) is 4. The molecule has 168 valence electrons. The molecule has 0 spiro atoms. The van der Waals surface area contributed by atoms with E-state index in [-0.39, 0.29) is 11.9 Å². The lowest BCUT2D eigenvalue weighted by Gasteiger charge is -2.36. The van der Waals surface area contributed by atoms with Crippen molar-refractivity contribution in [1.29, 1.82) is 0 Å². The molecule has 1 aliphatic heterocycles. The van der Waals surface area contributed by atoms with Gasteiger partial charge in [-0.15, -0.1) is 0 Å². The van der Waals surface area contributed by atoms with E-state index in [9.17, 15) is 9.59 Å². The Bertz CT molecular complexity index is 1100. The molecule has 0 saturated carbocycles. The summed E-state index contributed by atoms with van der Waals surface area (Å²) in [7, 11) is 5.16. The van der Waals surface area contributed by atoms with Gasteiger partial charge in [0, 0.05) is 68.7 Å². The predicted molar refractivity (Wildman–Crippen MR) is 126 cm³/mol. The Kier molecular flexibility index (Phi) is 6.20. The topological polar surface area (TPSA) is 70.0 Å². The number of carbonyl (C=O) groups is 2. The number of methoxy groups -OCH3 is 1. The lowest BCUT2D eigenvalue weighted by atomic mass is 10.2. The maximum Gasteiger partial charge on any atom is 0.321 e. The molecule has 1 aliphatic rings. The van der Waals surface area contributed by atoms with Crippen LogP contribution in [0.3, 0.4) is 0 Å². The number of rotatable bonds is 5. The lowest BCUT2D eigenvalue weighted by Crippen LogP contribution is -2.50. The van der Waals surface area contributed by atoms with E-state index in [1.54, 1.807) is 26.1 Å². The zero-order valence-corrected chi connectivity index (χ0v) is 18.7. The summed E-state index contributed by atoms with van der Waals surface area (Å²) in [5.74, 6) is 0.872. The molecule has 0 aliphatic carbocycles. The van der Waals surface area contributed by atoms with Crippen LogP contribution in [-0.2, 0) is 11.3 Å². The third kappa shape index (κ3) is 4.64. The average molecular weight is 436 g/mol. The van der Waals surface area contributed by atoms with Crippen LogP contribution in [0.5, 0.6) is 5.75 Å². The minimum atomic E-state index is -0.0963. The van der Waals surface area contributed by atoms with Crippen molar-refractivity contribution in [3.63, 3.8) is 0 Å². The highest BCUT2D eigenvalue weighted by atomic mass is 16.5. The van der Waals surface area contributed by atoms with Crippen LogP contribution in [0.1, 0.15) is 0 Å². The number of aromatic nitrogens is 1. The van der Waals surface area contributed by atoms with E-state index in [4.69, 9.17) is 4.74 Å². The summed E-state index contributed by atoms with van der Waals surface area (Å²) < 4.78 is 7.14. The molecule has 0 atom stereocenters. The van der Waals surface area contributed by atoms with Crippen molar-refractivity contribution >= 4 is 34.2 Å². The molecule has 0 bridgehead atoms. The number of anilines is 2. The highest BCUT2D eigenvalue weighted by Crippen LogP contribution is 2.23. The van der Waals surface area contributed by atoms with E-state index in [2.05, 4.69) is 10.2 Å². The summed E-state index contributed by atoms with van der Waals surface area (Å²) in [5, 5.41) is 3.99. The van der Waals surface area contributed by atoms with Crippen molar-refractivity contribution in [3.05, 3.63) is 54.7 Å². The Morgan fingerprint density at radius 3 is 2.38 bits per heavy atom. The number of fused-ring (bicyclic) bond motifs is 1. The number of ether oxygens (including phenoxy) is 1. The van der Waals surface area contributed by atoms with Crippen molar-refractivity contribution in [2.45, 2.75) is 6.54 Å². The number of amides is 3. The minimum absolute atomic E-state index is 0.0358. The number of piperazine rings is 1. The first-order valence-corrected chi connectivity index (χ1v) is 10.7. The Labute approximate surface area is 187 Å². The van der Waals surface area contributed by atoms with Gasteiger partial charge in [-0.25, -0.2) is 4.79 Å². The molecule has 3 aromatic rings. The van der Waals surface area contributed by atoms with Crippen molar-refractivity contribution in [1.82, 2.24) is 14.4 Å². The first-order chi connectivity index (χ1) is 15.4. The van der Waals surface area contributed by atoms with E-state index in [0.29, 0.717) is 19.6 Å². The number of benzene rings is 2. The molecule has 4 rings (SSSR count). The molecule has 1 fully saturated rings. The van der Waals surface area contributed by atoms with E-state index in [1.807, 2.05) is 64.2 Å². The quantitative estimate of drug-likeness (QED) is 0.669. The molecule has 2 heterocycles. The Balaban J connectivity index is 1.35. The first-order valence-electron chi connectivity index (χ1n) is 10.7. The van der Waals surface area contributed by atoms with E-state index >= 15 is 0 Å². The van der Waals surface area contributed by atoms with Crippen LogP contribution >= 0.6 is 0 Å². The average Bonchev–Trinajstić information content (AvgIpc) is 3.21. The summed E-state index contributed by atoms with van der Waals surface area (Å²) in [4.78, 5) is 30.5. The van der Waals surface area contributed by atoms with Gasteiger partial charge < -0.3 is 29.3 Å². The second-order valence-corrected chi connectivity index (χ2v) is 8.11. The Morgan fingerprint density at radius 1 is 1.00 bits per heavy atom. The van der Waals surface area contributed by atoms with Crippen molar-refractivity contribution in [2.75, 3.05) is 57.6 Å². The molecule has 1 saturated heterocycles. The van der Waals surface area contributed by atoms with Crippen LogP contribution in [0.25, 0.3) is 10.9 Å². The lowest BCUT2D eigenvalue weighted by molar-refractivity contribution is -0.129. The minimum Gasteiger partial charge on any atom is -0.497 e. The maximum atomic E-state index is 12.8. The fraction of sp³-hybridized carbons (Fsp3) is 0.333. The van der Waals surface area contributed by atoms with Crippen LogP contribution < -0.4 is 15.0 Å². The SMILES string of the molecule is COc1ccc(N2CCN(C(=O)Nc3ccc4c(ccn4CC(=O)N(C)C)c3)CC2)cc1. The van der Waals surface area contributed by atoms with Gasteiger partial charge in [-0.1, -0.05) is 0 Å². The molecule has 2 aromatic carbocycles. The van der Waals surface area contributed by atoms with Crippen LogP contribution in [0.2, 0.25) is 0 Å². The van der Waals surface area contributed by atoms with Gasteiger partial charge in [0.15, 0.2) is 0 Å². The summed E-state index contributed by atoms with van der Waals surface area (Å²) in [6.45, 7) is 3.16. The smallest absolute Gasteiger partial charge is 0.321 e. The van der Waals surface area contributed by atoms with Gasteiger partial charge in [0.2, 0.25) is 5.91 Å². The van der Waals surface area contributed by atoms with Crippen molar-refractivity contribution < 1.29 is 14.3 Å². The maximum absolute atomic E-state index is 12.8. The number of hydrogen-bond donors (Lipinski definition) is 1. The van der Waals surface area contributed by atoms with Crippen LogP contribution in [0.4, 0.5) is 16.2 Å². The molecule has 1 N–H and O–H groups in total. The summed E-state index contributed by atoms with van der Waals surface area (Å²) in [6.07, 6.45) is 1.90. The normalized spacial score (nSPS) is 13.8. The second kappa shape index (κ2) is 9.21. The fourth-order valence-corrected chi connectivity index (χ4v) is 3.87. The van der Waals surface area contributed by atoms with E-state index in [1.165, 1.54) is 0 Å². The van der Waals surface area contributed by atoms with Crippen LogP contribution in [-0.4, -0.2) is 73.7 Å². The third-order valence-corrected chi connectivity index (χ3v) is 5.83. The molecule has 0 unspecified atom stereocenters. The van der Waals surface area contributed by atoms with Gasteiger partial charge in [0.05, 0.1) is 7.11 Å². The van der Waals surface area contributed by atoms with Crippen molar-refractivity contribution in [3.8, 4) is 5.75 Å². The Morgan fingerprint density at radius 2 is 1.72 bits per heavy atom. The summed E-state index contributed by atoms with van der Waals surface area (Å²) >= 11 is 0. The fourth-order valence-electron chi connectivity index (χ4n) is 3.87. The molecule has 1 aromatic heterocycles. The summed E-state index contributed by atoms with van der Waals surface area (Å²) in [6, 6.07) is 15.6. The van der Waals surface area contributed by atoms with Gasteiger partial charge in [-0.05, 0) is 48.5 Å². The summed E-state index contributed by atoms with van der Waals surface area (Å²) in [5.41, 5.74) is 2.84. The molecule has 32 heavy (non-hydrogen) atoms. The highest BCUT2D eigenvalue weighted by Gasteiger charge is 2.21. The molecular weight excluding hydrogens is 406 g/mol. The largest absolute Gasteiger partial charge is 0.497 e. The Hall–Kier alpha value is -3.68. The second-order valence-electron chi connectivity index (χ2n) is 8.11. The number of likely N-dealkylation sites (N-methyl/N-ethyl adjacent to an activating group) is 1. The molecule has 8 nitrogen and oxygen atoms in total. The number of carbonyl (C=O) groups excluding carboxylic acids is 2. The number of nitrogens with one attached hydrogen (secondary N) is 1. The standard InChI is InChI=1S/C24H29N5O3/c1-26(2)23(30)17-29-11-10-18-16-19(4-9-22(18)29)25-24(31)28-14-12-27(13-15-28)20-5-7-21(32-3)8-6-20/h4-11,16H,12-15,17H2,1-3H3,(H,25,31). The van der Waals surface area contributed by atoms with Crippen LogP contribution in [0.15, 0.2) is 54.7 Å². The van der Waals surface area contributed by atoms with Crippen LogP contribution in [0, 0.1) is 0 Å². The third-order valence-electron chi connectivity index (χ3n) is 5.83. The highest BCUT2D eigenvalue weighted by molar-refractivity contribution is 5.93. The molecule has 3 amide bonds. The van der Waals surface area contributed by atoms with Gasteiger partial charge in [-0.3, -0.25) is 4.79 Å². The zero-order chi connectivity index (χ0) is 22.7. The predicted octanol–water partition coefficient (Wildman–Crippen LogP) is 3.09. The van der Waals surface area contributed by atoms with Crippen molar-refractivity contribution in [2.24, 2.45) is 0 Å². The number of hydrogen-bond acceptors (Lipinski definition) is 4. The zero-order valence-electron chi connectivity index (χ0n) is 18.7. The van der Waals surface area contributed by atoms with Gasteiger partial charge >= 0.3 is 6.03 Å². The molecule has 8 heteroatoms. The molecule has 0 radical (unpaired) electrons. The number of urea groups is 1. The van der Waals surface area contributed by atoms with E-state index in [0.717, 1.165) is 41.1 Å². The van der Waals surface area contributed by atoms with E-state index < -0.39 is 0 Å². The van der Waals surface area contributed by atoms with Gasteiger partial charge in [0.25, 0.3) is 0 Å². The monoisotopic (exact) mass is 435 g/mol.